The van der Waals surface area contributed by atoms with Gasteiger partial charge in [-0.25, -0.2) is 0 Å². The van der Waals surface area contributed by atoms with Crippen molar-refractivity contribution in [2.24, 2.45) is 0 Å². The Kier molecular flexibility index (Phi) is 9.96. The van der Waals surface area contributed by atoms with Crippen molar-refractivity contribution in [1.82, 2.24) is 20.0 Å². The average molecular weight is 428 g/mol. The molecule has 0 saturated carbocycles. The summed E-state index contributed by atoms with van der Waals surface area (Å²) in [6.45, 7) is 8.89. The van der Waals surface area contributed by atoms with Gasteiger partial charge in [-0.1, -0.05) is 26.0 Å². The number of carbonyl (C=O) groups is 1. The quantitative estimate of drug-likeness (QED) is 0.711. The van der Waals surface area contributed by atoms with Gasteiger partial charge in [-0.2, -0.15) is 5.10 Å². The molecule has 1 aliphatic heterocycles. The van der Waals surface area contributed by atoms with Crippen LogP contribution in [0.2, 0.25) is 0 Å². The van der Waals surface area contributed by atoms with Crippen LogP contribution < -0.4 is 10.6 Å². The van der Waals surface area contributed by atoms with Crippen molar-refractivity contribution in [2.75, 3.05) is 31.5 Å². The van der Waals surface area contributed by atoms with Gasteiger partial charge in [-0.3, -0.25) is 14.4 Å². The Bertz CT molecular complexity index is 713. The highest BCUT2D eigenvalue weighted by Crippen LogP contribution is 2.29. The van der Waals surface area contributed by atoms with E-state index < -0.39 is 5.54 Å². The van der Waals surface area contributed by atoms with Crippen molar-refractivity contribution in [3.8, 4) is 0 Å². The van der Waals surface area contributed by atoms with Crippen LogP contribution in [0.5, 0.6) is 0 Å². The van der Waals surface area contributed by atoms with Crippen LogP contribution in [0, 0.1) is 0 Å². The standard InChI is InChI=1S/C20H29N5O.2ClH/c1-3-24(4-2)16-17-7-5-8-18(15-17)23-19(26)20(9-12-21-13-10-20)25-14-6-11-22-25;;/h5-8,11,14-15,21H,3-4,9-10,12-13,16H2,1-2H3,(H,23,26);2*1H. The van der Waals surface area contributed by atoms with E-state index in [0.717, 1.165) is 51.3 Å². The smallest absolute Gasteiger partial charge is 0.252 e. The molecule has 1 aromatic carbocycles. The minimum absolute atomic E-state index is 0. The lowest BCUT2D eigenvalue weighted by Crippen LogP contribution is -2.52. The molecule has 0 bridgehead atoms. The van der Waals surface area contributed by atoms with E-state index in [0.29, 0.717) is 0 Å². The van der Waals surface area contributed by atoms with Gasteiger partial charge in [0.1, 0.15) is 5.54 Å². The monoisotopic (exact) mass is 427 g/mol. The van der Waals surface area contributed by atoms with Crippen molar-refractivity contribution in [1.29, 1.82) is 0 Å². The number of amides is 1. The number of rotatable bonds is 7. The molecule has 1 aliphatic rings. The highest BCUT2D eigenvalue weighted by Gasteiger charge is 2.42. The van der Waals surface area contributed by atoms with Crippen LogP contribution in [-0.2, 0) is 16.9 Å². The van der Waals surface area contributed by atoms with E-state index >= 15 is 0 Å². The van der Waals surface area contributed by atoms with Gasteiger partial charge in [0.2, 0.25) is 0 Å². The Morgan fingerprint density at radius 3 is 2.54 bits per heavy atom. The third-order valence-electron chi connectivity index (χ3n) is 5.28. The lowest BCUT2D eigenvalue weighted by molar-refractivity contribution is -0.126. The molecule has 0 unspecified atom stereocenters. The second-order valence-electron chi connectivity index (χ2n) is 6.85. The zero-order valence-electron chi connectivity index (χ0n) is 16.6. The molecular weight excluding hydrogens is 397 g/mol. The first kappa shape index (κ1) is 24.4. The zero-order chi connectivity index (χ0) is 18.4. The van der Waals surface area contributed by atoms with E-state index in [1.807, 2.05) is 29.1 Å². The molecule has 1 amide bonds. The Labute approximate surface area is 179 Å². The molecule has 6 nitrogen and oxygen atoms in total. The summed E-state index contributed by atoms with van der Waals surface area (Å²) < 4.78 is 1.82. The third-order valence-corrected chi connectivity index (χ3v) is 5.28. The van der Waals surface area contributed by atoms with Gasteiger partial charge in [-0.05, 0) is 62.8 Å². The number of benzene rings is 1. The zero-order valence-corrected chi connectivity index (χ0v) is 18.2. The average Bonchev–Trinajstić information content (AvgIpc) is 3.22. The normalized spacial score (nSPS) is 15.4. The van der Waals surface area contributed by atoms with E-state index in [2.05, 4.69) is 46.6 Å². The van der Waals surface area contributed by atoms with Gasteiger partial charge >= 0.3 is 0 Å². The maximum atomic E-state index is 13.2. The van der Waals surface area contributed by atoms with Crippen LogP contribution in [0.3, 0.4) is 0 Å². The highest BCUT2D eigenvalue weighted by molar-refractivity contribution is 5.96. The molecule has 0 aliphatic carbocycles. The van der Waals surface area contributed by atoms with Crippen LogP contribution in [0.15, 0.2) is 42.7 Å². The van der Waals surface area contributed by atoms with Crippen LogP contribution in [0.1, 0.15) is 32.3 Å². The molecule has 2 aromatic rings. The summed E-state index contributed by atoms with van der Waals surface area (Å²) in [5.41, 5.74) is 1.44. The van der Waals surface area contributed by atoms with Gasteiger partial charge < -0.3 is 10.6 Å². The van der Waals surface area contributed by atoms with E-state index in [9.17, 15) is 4.79 Å². The Morgan fingerprint density at radius 1 is 1.21 bits per heavy atom. The topological polar surface area (TPSA) is 62.2 Å². The Balaban J connectivity index is 0.00000196. The van der Waals surface area contributed by atoms with Crippen molar-refractivity contribution in [2.45, 2.75) is 38.8 Å². The summed E-state index contributed by atoms with van der Waals surface area (Å²) in [4.78, 5) is 15.6. The fourth-order valence-electron chi connectivity index (χ4n) is 3.62. The Morgan fingerprint density at radius 2 is 1.93 bits per heavy atom. The van der Waals surface area contributed by atoms with Crippen LogP contribution in [0.4, 0.5) is 5.69 Å². The summed E-state index contributed by atoms with van der Waals surface area (Å²) in [5, 5.41) is 10.9. The summed E-state index contributed by atoms with van der Waals surface area (Å²) in [7, 11) is 0. The number of anilines is 1. The molecule has 1 aromatic heterocycles. The largest absolute Gasteiger partial charge is 0.324 e. The molecule has 2 N–H and O–H groups in total. The van der Waals surface area contributed by atoms with Gasteiger partial charge in [0.25, 0.3) is 5.91 Å². The fraction of sp³-hybridized carbons (Fsp3) is 0.500. The summed E-state index contributed by atoms with van der Waals surface area (Å²) in [6.07, 6.45) is 5.10. The maximum Gasteiger partial charge on any atom is 0.252 e. The predicted molar refractivity (Wildman–Crippen MR) is 118 cm³/mol. The van der Waals surface area contributed by atoms with E-state index in [-0.39, 0.29) is 30.7 Å². The summed E-state index contributed by atoms with van der Waals surface area (Å²) in [5.74, 6) is 0.0164. The number of carbonyl (C=O) groups excluding carboxylic acids is 1. The van der Waals surface area contributed by atoms with Crippen LogP contribution in [-0.4, -0.2) is 46.8 Å². The lowest BCUT2D eigenvalue weighted by Gasteiger charge is -2.36. The first-order chi connectivity index (χ1) is 12.7. The van der Waals surface area contributed by atoms with E-state index in [1.165, 1.54) is 5.56 Å². The molecule has 0 atom stereocenters. The number of aromatic nitrogens is 2. The van der Waals surface area contributed by atoms with Gasteiger partial charge in [0.05, 0.1) is 0 Å². The van der Waals surface area contributed by atoms with Crippen molar-refractivity contribution in [3.63, 3.8) is 0 Å². The second kappa shape index (κ2) is 11.4. The van der Waals surface area contributed by atoms with E-state index in [1.54, 1.807) is 6.20 Å². The molecule has 1 fully saturated rings. The number of nitrogens with one attached hydrogen (secondary N) is 2. The predicted octanol–water partition coefficient (Wildman–Crippen LogP) is 3.29. The maximum absolute atomic E-state index is 13.2. The summed E-state index contributed by atoms with van der Waals surface area (Å²) >= 11 is 0. The second-order valence-corrected chi connectivity index (χ2v) is 6.85. The van der Waals surface area contributed by atoms with Gasteiger partial charge in [0.15, 0.2) is 0 Å². The molecule has 156 valence electrons. The molecule has 0 spiro atoms. The molecular formula is C20H31Cl2N5O. The Hall–Kier alpha value is -1.60. The highest BCUT2D eigenvalue weighted by atomic mass is 35.5. The molecule has 28 heavy (non-hydrogen) atoms. The van der Waals surface area contributed by atoms with Crippen LogP contribution in [0.25, 0.3) is 0 Å². The number of hydrogen-bond donors (Lipinski definition) is 2. The van der Waals surface area contributed by atoms with Crippen LogP contribution >= 0.6 is 24.8 Å². The number of halogens is 2. The fourth-order valence-corrected chi connectivity index (χ4v) is 3.62. The van der Waals surface area contributed by atoms with Crippen molar-refractivity contribution in [3.05, 3.63) is 48.3 Å². The van der Waals surface area contributed by atoms with Crippen molar-refractivity contribution < 1.29 is 4.79 Å². The number of nitrogens with zero attached hydrogens (tertiary/aromatic N) is 3. The van der Waals surface area contributed by atoms with Gasteiger partial charge in [-0.15, -0.1) is 24.8 Å². The molecule has 0 radical (unpaired) electrons. The van der Waals surface area contributed by atoms with Crippen molar-refractivity contribution >= 4 is 36.4 Å². The first-order valence-corrected chi connectivity index (χ1v) is 9.51. The third kappa shape index (κ3) is 5.47. The van der Waals surface area contributed by atoms with Gasteiger partial charge in [0, 0.05) is 24.6 Å². The SMILES string of the molecule is CCN(CC)Cc1cccc(NC(=O)C2(n3cccn3)CCNCC2)c1.Cl.Cl. The van der Waals surface area contributed by atoms with E-state index in [4.69, 9.17) is 0 Å². The molecule has 3 rings (SSSR count). The number of hydrogen-bond acceptors (Lipinski definition) is 4. The number of piperidine rings is 1. The minimum Gasteiger partial charge on any atom is -0.324 e. The first-order valence-electron chi connectivity index (χ1n) is 9.51. The molecule has 8 heteroatoms. The summed E-state index contributed by atoms with van der Waals surface area (Å²) in [6, 6.07) is 10.0. The molecule has 2 heterocycles. The minimum atomic E-state index is -0.621. The molecule has 1 saturated heterocycles. The lowest BCUT2D eigenvalue weighted by atomic mass is 9.87.